The maximum absolute atomic E-state index is 12.4. The van der Waals surface area contributed by atoms with E-state index in [1.807, 2.05) is 59.8 Å². The van der Waals surface area contributed by atoms with Gasteiger partial charge in [-0.15, -0.1) is 0 Å². The summed E-state index contributed by atoms with van der Waals surface area (Å²) in [6.07, 6.45) is -1.27. The number of hydrogen-bond acceptors (Lipinski definition) is 4. The molecule has 2 rings (SSSR count). The highest BCUT2D eigenvalue weighted by Crippen LogP contribution is 2.14. The fraction of sp³-hybridized carbons (Fsp3) is 0.200. The number of esters is 2. The molecule has 0 saturated carbocycles. The predicted molar refractivity (Wildman–Crippen MR) is 103 cm³/mol. The molecule has 0 bridgehead atoms. The highest BCUT2D eigenvalue weighted by molar-refractivity contribution is 14.1. The van der Waals surface area contributed by atoms with Gasteiger partial charge >= 0.3 is 11.9 Å². The van der Waals surface area contributed by atoms with Crippen molar-refractivity contribution in [1.29, 1.82) is 0 Å². The molecule has 2 aromatic carbocycles. The molecule has 5 heteroatoms. The van der Waals surface area contributed by atoms with Gasteiger partial charge in [0.05, 0.1) is 12.2 Å². The van der Waals surface area contributed by atoms with Crippen molar-refractivity contribution in [2.45, 2.75) is 20.0 Å². The molecule has 0 fully saturated rings. The summed E-state index contributed by atoms with van der Waals surface area (Å²) in [7, 11) is 0. The molecule has 128 valence electrons. The Morgan fingerprint density at radius 3 is 2.48 bits per heavy atom. The fourth-order valence-corrected chi connectivity index (χ4v) is 2.62. The molecule has 1 atom stereocenters. The third-order valence-electron chi connectivity index (χ3n) is 3.30. The Bertz CT molecular complexity index is 833. The highest BCUT2D eigenvalue weighted by Gasteiger charge is 2.24. The number of hydrogen-bond donors (Lipinski definition) is 0. The lowest BCUT2D eigenvalue weighted by molar-refractivity contribution is -0.150. The van der Waals surface area contributed by atoms with E-state index in [1.54, 1.807) is 25.1 Å². The van der Waals surface area contributed by atoms with Crippen LogP contribution in [0.4, 0.5) is 0 Å². The summed E-state index contributed by atoms with van der Waals surface area (Å²) >= 11 is 2.04. The summed E-state index contributed by atoms with van der Waals surface area (Å²) in [6, 6.07) is 14.5. The minimum absolute atomic E-state index is 0.182. The van der Waals surface area contributed by atoms with E-state index in [-0.39, 0.29) is 6.61 Å². The van der Waals surface area contributed by atoms with Crippen molar-refractivity contribution in [3.05, 3.63) is 68.8 Å². The zero-order valence-corrected chi connectivity index (χ0v) is 16.1. The molecule has 0 aliphatic heterocycles. The van der Waals surface area contributed by atoms with Gasteiger partial charge in [0.2, 0.25) is 0 Å². The normalized spacial score (nSPS) is 11.0. The topological polar surface area (TPSA) is 52.6 Å². The lowest BCUT2D eigenvalue weighted by Gasteiger charge is -2.12. The van der Waals surface area contributed by atoms with Crippen molar-refractivity contribution >= 4 is 34.5 Å². The Kier molecular flexibility index (Phi) is 7.02. The van der Waals surface area contributed by atoms with Crippen LogP contribution in [-0.2, 0) is 14.3 Å². The van der Waals surface area contributed by atoms with Gasteiger partial charge in [-0.25, -0.2) is 9.59 Å². The molecule has 0 N–H and O–H groups in total. The zero-order valence-electron chi connectivity index (χ0n) is 13.9. The summed E-state index contributed by atoms with van der Waals surface area (Å²) in [5, 5.41) is 0. The molecular formula is C20H17IO4. The molecule has 4 nitrogen and oxygen atoms in total. The van der Waals surface area contributed by atoms with E-state index in [4.69, 9.17) is 9.47 Å². The van der Waals surface area contributed by atoms with Crippen LogP contribution in [0.1, 0.15) is 28.4 Å². The first-order valence-electron chi connectivity index (χ1n) is 7.72. The van der Waals surface area contributed by atoms with Crippen molar-refractivity contribution in [3.63, 3.8) is 0 Å². The summed E-state index contributed by atoms with van der Waals surface area (Å²) in [6.45, 7) is 3.79. The minimum Gasteiger partial charge on any atom is -0.462 e. The van der Waals surface area contributed by atoms with Crippen molar-refractivity contribution < 1.29 is 19.1 Å². The van der Waals surface area contributed by atoms with Gasteiger partial charge in [0, 0.05) is 9.13 Å². The largest absolute Gasteiger partial charge is 0.462 e. The smallest absolute Gasteiger partial charge is 0.360 e. The molecule has 0 radical (unpaired) electrons. The lowest BCUT2D eigenvalue weighted by Crippen LogP contribution is -2.28. The second-order valence-corrected chi connectivity index (χ2v) is 6.26. The quantitative estimate of drug-likeness (QED) is 0.407. The Morgan fingerprint density at radius 2 is 1.80 bits per heavy atom. The van der Waals surface area contributed by atoms with Crippen LogP contribution >= 0.6 is 22.6 Å². The van der Waals surface area contributed by atoms with E-state index in [1.165, 1.54) is 0 Å². The number of carbonyl (C=O) groups excluding carboxylic acids is 2. The van der Waals surface area contributed by atoms with Crippen LogP contribution in [0.25, 0.3) is 0 Å². The molecule has 0 aliphatic carbocycles. The average Bonchev–Trinajstić information content (AvgIpc) is 2.60. The van der Waals surface area contributed by atoms with Crippen molar-refractivity contribution in [1.82, 2.24) is 0 Å². The van der Waals surface area contributed by atoms with Crippen LogP contribution in [0.15, 0.2) is 48.5 Å². The Labute approximate surface area is 160 Å². The van der Waals surface area contributed by atoms with Gasteiger partial charge < -0.3 is 9.47 Å². The van der Waals surface area contributed by atoms with E-state index in [2.05, 4.69) is 11.8 Å². The maximum atomic E-state index is 12.4. The number of aryl methyl sites for hydroxylation is 1. The Morgan fingerprint density at radius 1 is 1.12 bits per heavy atom. The van der Waals surface area contributed by atoms with E-state index >= 15 is 0 Å². The van der Waals surface area contributed by atoms with Crippen LogP contribution in [0, 0.1) is 22.3 Å². The van der Waals surface area contributed by atoms with Gasteiger partial charge in [-0.05, 0) is 66.1 Å². The summed E-state index contributed by atoms with van der Waals surface area (Å²) in [4.78, 5) is 24.5. The third kappa shape index (κ3) is 5.33. The van der Waals surface area contributed by atoms with Crippen LogP contribution in [-0.4, -0.2) is 24.6 Å². The molecule has 25 heavy (non-hydrogen) atoms. The van der Waals surface area contributed by atoms with Crippen LogP contribution in [0.3, 0.4) is 0 Å². The summed E-state index contributed by atoms with van der Waals surface area (Å²) < 4.78 is 11.0. The van der Waals surface area contributed by atoms with Crippen molar-refractivity contribution in [3.8, 4) is 11.8 Å². The van der Waals surface area contributed by atoms with Crippen LogP contribution in [0.2, 0.25) is 0 Å². The van der Waals surface area contributed by atoms with Crippen molar-refractivity contribution in [2.24, 2.45) is 0 Å². The Hall–Kier alpha value is -2.33. The second kappa shape index (κ2) is 9.23. The van der Waals surface area contributed by atoms with Crippen LogP contribution < -0.4 is 0 Å². The predicted octanol–water partition coefficient (Wildman–Crippen LogP) is 3.74. The van der Waals surface area contributed by atoms with Gasteiger partial charge in [-0.1, -0.05) is 36.3 Å². The van der Waals surface area contributed by atoms with E-state index in [9.17, 15) is 9.59 Å². The van der Waals surface area contributed by atoms with E-state index in [0.717, 1.165) is 14.7 Å². The van der Waals surface area contributed by atoms with Crippen LogP contribution in [0.5, 0.6) is 0 Å². The van der Waals surface area contributed by atoms with Crippen molar-refractivity contribution in [2.75, 3.05) is 6.61 Å². The number of benzene rings is 2. The number of ether oxygens (including phenoxy) is 2. The molecular weight excluding hydrogens is 431 g/mol. The van der Waals surface area contributed by atoms with E-state index in [0.29, 0.717) is 5.56 Å². The average molecular weight is 448 g/mol. The van der Waals surface area contributed by atoms with Gasteiger partial charge in [-0.3, -0.25) is 0 Å². The maximum Gasteiger partial charge on any atom is 0.360 e. The molecule has 1 unspecified atom stereocenters. The van der Waals surface area contributed by atoms with Gasteiger partial charge in [0.25, 0.3) is 6.10 Å². The first-order chi connectivity index (χ1) is 12.0. The molecule has 2 aromatic rings. The molecule has 0 amide bonds. The standard InChI is InChI=1S/C20H17IO4/c1-3-24-20(23)18(13-12-15-9-5-4-8-14(15)2)25-19(22)16-10-6-7-11-17(16)21/h4-11,18H,3H2,1-2H3. The molecule has 0 heterocycles. The summed E-state index contributed by atoms with van der Waals surface area (Å²) in [5.41, 5.74) is 2.12. The van der Waals surface area contributed by atoms with Gasteiger partial charge in [-0.2, -0.15) is 0 Å². The minimum atomic E-state index is -1.27. The third-order valence-corrected chi connectivity index (χ3v) is 4.24. The lowest BCUT2D eigenvalue weighted by atomic mass is 10.1. The number of rotatable bonds is 4. The SMILES string of the molecule is CCOC(=O)C(C#Cc1ccccc1C)OC(=O)c1ccccc1I. The summed E-state index contributed by atoms with van der Waals surface area (Å²) in [5.74, 6) is 4.32. The zero-order chi connectivity index (χ0) is 18.2. The second-order valence-electron chi connectivity index (χ2n) is 5.10. The highest BCUT2D eigenvalue weighted by atomic mass is 127. The molecule has 0 aromatic heterocycles. The number of carbonyl (C=O) groups is 2. The molecule has 0 aliphatic rings. The molecule has 0 spiro atoms. The van der Waals surface area contributed by atoms with E-state index < -0.39 is 18.0 Å². The fourth-order valence-electron chi connectivity index (χ4n) is 2.01. The monoisotopic (exact) mass is 448 g/mol. The molecule has 0 saturated heterocycles. The Balaban J connectivity index is 2.25. The number of halogens is 1. The first kappa shape index (κ1) is 19.0. The van der Waals surface area contributed by atoms with Gasteiger partial charge in [0.1, 0.15) is 0 Å². The first-order valence-corrected chi connectivity index (χ1v) is 8.80. The van der Waals surface area contributed by atoms with Gasteiger partial charge in [0.15, 0.2) is 0 Å².